The van der Waals surface area contributed by atoms with Crippen LogP contribution in [0.25, 0.3) is 0 Å². The van der Waals surface area contributed by atoms with Gasteiger partial charge in [-0.15, -0.1) is 0 Å². The third kappa shape index (κ3) is 2.68. The molecule has 2 heterocycles. The van der Waals surface area contributed by atoms with Crippen LogP contribution in [0.3, 0.4) is 0 Å². The van der Waals surface area contributed by atoms with Crippen LogP contribution >= 0.6 is 0 Å². The summed E-state index contributed by atoms with van der Waals surface area (Å²) in [6.45, 7) is 3.26. The van der Waals surface area contributed by atoms with Gasteiger partial charge in [0.25, 0.3) is 0 Å². The molecule has 1 aromatic heterocycles. The predicted octanol–water partition coefficient (Wildman–Crippen LogP) is 0.466. The summed E-state index contributed by atoms with van der Waals surface area (Å²) in [5, 5.41) is 0. The molecule has 1 aromatic rings. The lowest BCUT2D eigenvalue weighted by Gasteiger charge is -2.27. The molecule has 98 valence electrons. The average molecular weight is 249 g/mol. The molecule has 5 nitrogen and oxygen atoms in total. The number of aryl methyl sites for hydroxylation is 1. The first kappa shape index (κ1) is 13.0. The Bertz CT molecular complexity index is 442. The molecular weight excluding hydrogens is 230 g/mol. The summed E-state index contributed by atoms with van der Waals surface area (Å²) in [5.74, 6) is -0.0803. The first-order chi connectivity index (χ1) is 8.51. The van der Waals surface area contributed by atoms with Gasteiger partial charge < -0.3 is 15.4 Å². The topological polar surface area (TPSA) is 68.5 Å². The van der Waals surface area contributed by atoms with Gasteiger partial charge in [-0.25, -0.2) is 0 Å². The average Bonchev–Trinajstić information content (AvgIpc) is 2.76. The van der Waals surface area contributed by atoms with Crippen molar-refractivity contribution < 1.29 is 9.53 Å². The SMILES string of the molecule is Cc1cccc(CN(C)C(=O)C2(N)CCOC2)n1. The first-order valence-electron chi connectivity index (χ1n) is 6.06. The first-order valence-corrected chi connectivity index (χ1v) is 6.06. The molecule has 0 radical (unpaired) electrons. The van der Waals surface area contributed by atoms with Crippen molar-refractivity contribution in [2.45, 2.75) is 25.4 Å². The van der Waals surface area contributed by atoms with Crippen LogP contribution in [0.1, 0.15) is 17.8 Å². The Morgan fingerprint density at radius 1 is 1.61 bits per heavy atom. The number of aromatic nitrogens is 1. The molecule has 1 aliphatic rings. The highest BCUT2D eigenvalue weighted by atomic mass is 16.5. The fraction of sp³-hybridized carbons (Fsp3) is 0.538. The number of likely N-dealkylation sites (N-methyl/N-ethyl adjacent to an activating group) is 1. The van der Waals surface area contributed by atoms with Crippen molar-refractivity contribution in [3.05, 3.63) is 29.6 Å². The molecule has 18 heavy (non-hydrogen) atoms. The van der Waals surface area contributed by atoms with E-state index in [4.69, 9.17) is 10.5 Å². The number of hydrogen-bond donors (Lipinski definition) is 1. The minimum atomic E-state index is -0.863. The standard InChI is InChI=1S/C13H19N3O2/c1-10-4-3-5-11(15-10)8-16(2)12(17)13(14)6-7-18-9-13/h3-5H,6-9,14H2,1-2H3. The fourth-order valence-corrected chi connectivity index (χ4v) is 2.13. The molecule has 1 fully saturated rings. The van der Waals surface area contributed by atoms with Crippen molar-refractivity contribution in [3.63, 3.8) is 0 Å². The number of carbonyl (C=O) groups is 1. The number of amides is 1. The van der Waals surface area contributed by atoms with E-state index in [1.807, 2.05) is 25.1 Å². The molecule has 0 saturated carbocycles. The Labute approximate surface area is 107 Å². The van der Waals surface area contributed by atoms with E-state index in [0.717, 1.165) is 11.4 Å². The third-order valence-electron chi connectivity index (χ3n) is 3.17. The molecule has 5 heteroatoms. The maximum atomic E-state index is 12.2. The zero-order valence-electron chi connectivity index (χ0n) is 10.8. The summed E-state index contributed by atoms with van der Waals surface area (Å²) in [6.07, 6.45) is 0.581. The van der Waals surface area contributed by atoms with E-state index in [1.165, 1.54) is 0 Å². The molecule has 1 saturated heterocycles. The lowest BCUT2D eigenvalue weighted by molar-refractivity contribution is -0.136. The predicted molar refractivity (Wildman–Crippen MR) is 67.8 cm³/mol. The second-order valence-corrected chi connectivity index (χ2v) is 4.89. The number of nitrogens with two attached hydrogens (primary N) is 1. The Morgan fingerprint density at radius 3 is 3.00 bits per heavy atom. The monoisotopic (exact) mass is 249 g/mol. The zero-order chi connectivity index (χ0) is 13.2. The van der Waals surface area contributed by atoms with Crippen LogP contribution in [0.15, 0.2) is 18.2 Å². The molecule has 0 aliphatic carbocycles. The normalized spacial score (nSPS) is 23.1. The summed E-state index contributed by atoms with van der Waals surface area (Å²) in [5.41, 5.74) is 7.00. The van der Waals surface area contributed by atoms with Crippen LogP contribution < -0.4 is 5.73 Å². The quantitative estimate of drug-likeness (QED) is 0.845. The van der Waals surface area contributed by atoms with Gasteiger partial charge in [-0.1, -0.05) is 6.07 Å². The Kier molecular flexibility index (Phi) is 3.63. The van der Waals surface area contributed by atoms with Crippen molar-refractivity contribution >= 4 is 5.91 Å². The summed E-state index contributed by atoms with van der Waals surface area (Å²) >= 11 is 0. The van der Waals surface area contributed by atoms with E-state index in [9.17, 15) is 4.79 Å². The van der Waals surface area contributed by atoms with Crippen LogP contribution in [-0.4, -0.2) is 41.6 Å². The molecule has 0 bridgehead atoms. The maximum absolute atomic E-state index is 12.2. The molecule has 0 spiro atoms. The highest BCUT2D eigenvalue weighted by molar-refractivity contribution is 5.86. The second kappa shape index (κ2) is 5.04. The number of hydrogen-bond acceptors (Lipinski definition) is 4. The van der Waals surface area contributed by atoms with Crippen LogP contribution in [0.2, 0.25) is 0 Å². The van der Waals surface area contributed by atoms with Crippen LogP contribution in [0.5, 0.6) is 0 Å². The largest absolute Gasteiger partial charge is 0.379 e. The summed E-state index contributed by atoms with van der Waals surface area (Å²) in [7, 11) is 1.75. The fourth-order valence-electron chi connectivity index (χ4n) is 2.13. The minimum absolute atomic E-state index is 0.0803. The van der Waals surface area contributed by atoms with Gasteiger partial charge in [-0.2, -0.15) is 0 Å². The van der Waals surface area contributed by atoms with Crippen molar-refractivity contribution in [2.24, 2.45) is 5.73 Å². The van der Waals surface area contributed by atoms with Crippen LogP contribution in [0, 0.1) is 6.92 Å². The Balaban J connectivity index is 2.03. The van der Waals surface area contributed by atoms with Crippen LogP contribution in [0.4, 0.5) is 0 Å². The lowest BCUT2D eigenvalue weighted by Crippen LogP contribution is -2.54. The number of carbonyl (C=O) groups excluding carboxylic acids is 1. The van der Waals surface area contributed by atoms with E-state index in [0.29, 0.717) is 26.2 Å². The van der Waals surface area contributed by atoms with Gasteiger partial charge in [0, 0.05) is 19.3 Å². The van der Waals surface area contributed by atoms with E-state index in [1.54, 1.807) is 11.9 Å². The number of nitrogens with zero attached hydrogens (tertiary/aromatic N) is 2. The molecule has 1 atom stereocenters. The van der Waals surface area contributed by atoms with Crippen LogP contribution in [-0.2, 0) is 16.1 Å². The van der Waals surface area contributed by atoms with Gasteiger partial charge in [0.2, 0.25) is 5.91 Å². The molecule has 1 amide bonds. The molecule has 0 aromatic carbocycles. The number of ether oxygens (including phenoxy) is 1. The summed E-state index contributed by atoms with van der Waals surface area (Å²) in [6, 6.07) is 5.78. The molecule has 1 unspecified atom stereocenters. The molecule has 2 N–H and O–H groups in total. The van der Waals surface area contributed by atoms with Crippen molar-refractivity contribution in [3.8, 4) is 0 Å². The summed E-state index contributed by atoms with van der Waals surface area (Å²) < 4.78 is 5.21. The van der Waals surface area contributed by atoms with E-state index in [-0.39, 0.29) is 5.91 Å². The van der Waals surface area contributed by atoms with E-state index in [2.05, 4.69) is 4.98 Å². The smallest absolute Gasteiger partial charge is 0.245 e. The van der Waals surface area contributed by atoms with Crippen molar-refractivity contribution in [2.75, 3.05) is 20.3 Å². The van der Waals surface area contributed by atoms with E-state index >= 15 is 0 Å². The van der Waals surface area contributed by atoms with Gasteiger partial charge in [0.05, 0.1) is 18.8 Å². The third-order valence-corrected chi connectivity index (χ3v) is 3.17. The number of pyridine rings is 1. The second-order valence-electron chi connectivity index (χ2n) is 4.89. The highest BCUT2D eigenvalue weighted by Crippen LogP contribution is 2.18. The zero-order valence-corrected chi connectivity index (χ0v) is 10.8. The maximum Gasteiger partial charge on any atom is 0.245 e. The van der Waals surface area contributed by atoms with Crippen molar-refractivity contribution in [1.29, 1.82) is 0 Å². The highest BCUT2D eigenvalue weighted by Gasteiger charge is 2.40. The van der Waals surface area contributed by atoms with Gasteiger partial charge in [0.15, 0.2) is 0 Å². The van der Waals surface area contributed by atoms with Gasteiger partial charge in [-0.3, -0.25) is 9.78 Å². The van der Waals surface area contributed by atoms with Gasteiger partial charge in [-0.05, 0) is 25.5 Å². The minimum Gasteiger partial charge on any atom is -0.379 e. The van der Waals surface area contributed by atoms with Crippen molar-refractivity contribution in [1.82, 2.24) is 9.88 Å². The molecular formula is C13H19N3O2. The van der Waals surface area contributed by atoms with Gasteiger partial charge in [0.1, 0.15) is 5.54 Å². The van der Waals surface area contributed by atoms with E-state index < -0.39 is 5.54 Å². The lowest BCUT2D eigenvalue weighted by atomic mass is 9.98. The molecule has 2 rings (SSSR count). The van der Waals surface area contributed by atoms with Gasteiger partial charge >= 0.3 is 0 Å². The molecule has 1 aliphatic heterocycles. The Morgan fingerprint density at radius 2 is 2.39 bits per heavy atom. The summed E-state index contributed by atoms with van der Waals surface area (Å²) in [4.78, 5) is 18.2. The Hall–Kier alpha value is -1.46. The number of rotatable bonds is 3.